The Kier molecular flexibility index (Phi) is 5.48. The molecular weight excluding hydrogens is 322 g/mol. The molecule has 2 aromatic rings. The van der Waals surface area contributed by atoms with Gasteiger partial charge in [0.25, 0.3) is 0 Å². The first-order valence-corrected chi connectivity index (χ1v) is 8.09. The fourth-order valence-corrected chi connectivity index (χ4v) is 3.60. The van der Waals surface area contributed by atoms with Gasteiger partial charge in [0.1, 0.15) is 0 Å². The van der Waals surface area contributed by atoms with E-state index >= 15 is 0 Å². The predicted octanol–water partition coefficient (Wildman–Crippen LogP) is 3.63. The van der Waals surface area contributed by atoms with E-state index in [1.807, 2.05) is 35.8 Å². The van der Waals surface area contributed by atoms with Crippen molar-refractivity contribution in [3.8, 4) is 0 Å². The second-order valence-electron chi connectivity index (χ2n) is 4.24. The third kappa shape index (κ3) is 3.84. The summed E-state index contributed by atoms with van der Waals surface area (Å²) >= 11 is 5.44. The molecule has 0 bridgehead atoms. The molecule has 0 spiro atoms. The summed E-state index contributed by atoms with van der Waals surface area (Å²) in [6.07, 6.45) is 1.85. The van der Waals surface area contributed by atoms with Gasteiger partial charge in [0.15, 0.2) is 0 Å². The van der Waals surface area contributed by atoms with E-state index in [0.29, 0.717) is 0 Å². The van der Waals surface area contributed by atoms with Crippen LogP contribution in [0.2, 0.25) is 0 Å². The minimum Gasteiger partial charge on any atom is -0.308 e. The lowest BCUT2D eigenvalue weighted by Crippen LogP contribution is -2.25. The zero-order valence-corrected chi connectivity index (χ0v) is 13.5. The van der Waals surface area contributed by atoms with Crippen molar-refractivity contribution in [1.82, 2.24) is 15.1 Å². The molecule has 0 saturated heterocycles. The predicted molar refractivity (Wildman–Crippen MR) is 84.5 cm³/mol. The van der Waals surface area contributed by atoms with Crippen molar-refractivity contribution in [2.45, 2.75) is 17.9 Å². The third-order valence-electron chi connectivity index (χ3n) is 2.88. The maximum Gasteiger partial charge on any atom is 0.0700 e. The maximum atomic E-state index is 4.29. The van der Waals surface area contributed by atoms with Gasteiger partial charge in [-0.2, -0.15) is 5.10 Å². The van der Waals surface area contributed by atoms with Crippen molar-refractivity contribution in [3.63, 3.8) is 0 Å². The number of aromatic nitrogens is 2. The van der Waals surface area contributed by atoms with Gasteiger partial charge in [0, 0.05) is 17.7 Å². The van der Waals surface area contributed by atoms with E-state index in [2.05, 4.69) is 57.5 Å². The molecule has 19 heavy (non-hydrogen) atoms. The summed E-state index contributed by atoms with van der Waals surface area (Å²) in [6.45, 7) is 3.07. The normalized spacial score (nSPS) is 12.6. The van der Waals surface area contributed by atoms with Crippen molar-refractivity contribution in [3.05, 3.63) is 46.7 Å². The molecule has 0 amide bonds. The highest BCUT2D eigenvalue weighted by Crippen LogP contribution is 2.28. The summed E-state index contributed by atoms with van der Waals surface area (Å²) in [6, 6.07) is 10.8. The highest BCUT2D eigenvalue weighted by molar-refractivity contribution is 9.10. The molecular formula is C14H18BrN3S. The minimum atomic E-state index is 0.289. The van der Waals surface area contributed by atoms with Crippen molar-refractivity contribution >= 4 is 27.7 Å². The van der Waals surface area contributed by atoms with Gasteiger partial charge in [-0.3, -0.25) is 4.68 Å². The number of hydrogen-bond donors (Lipinski definition) is 1. The second kappa shape index (κ2) is 7.12. The Balaban J connectivity index is 2.09. The topological polar surface area (TPSA) is 29.9 Å². The number of aryl methyl sites for hydroxylation is 1. The van der Waals surface area contributed by atoms with E-state index < -0.39 is 0 Å². The van der Waals surface area contributed by atoms with Crippen LogP contribution in [-0.4, -0.2) is 22.1 Å². The van der Waals surface area contributed by atoms with Crippen LogP contribution < -0.4 is 5.32 Å². The van der Waals surface area contributed by atoms with E-state index in [4.69, 9.17) is 0 Å². The molecule has 0 fully saturated rings. The molecule has 5 heteroatoms. The van der Waals surface area contributed by atoms with Crippen LogP contribution in [0.1, 0.15) is 18.7 Å². The zero-order chi connectivity index (χ0) is 13.7. The first-order chi connectivity index (χ1) is 9.22. The first-order valence-electron chi connectivity index (χ1n) is 6.31. The largest absolute Gasteiger partial charge is 0.308 e. The summed E-state index contributed by atoms with van der Waals surface area (Å²) in [7, 11) is 1.98. The van der Waals surface area contributed by atoms with Gasteiger partial charge in [-0.05, 0) is 34.6 Å². The Hall–Kier alpha value is -0.780. The van der Waals surface area contributed by atoms with Gasteiger partial charge in [-0.15, -0.1) is 11.8 Å². The van der Waals surface area contributed by atoms with Crippen molar-refractivity contribution in [1.29, 1.82) is 0 Å². The van der Waals surface area contributed by atoms with E-state index in [9.17, 15) is 0 Å². The van der Waals surface area contributed by atoms with Crippen LogP contribution >= 0.6 is 27.7 Å². The summed E-state index contributed by atoms with van der Waals surface area (Å²) in [4.78, 5) is 1.30. The summed E-state index contributed by atoms with van der Waals surface area (Å²) in [5.74, 6) is 0.982. The molecule has 2 rings (SSSR count). The van der Waals surface area contributed by atoms with Crippen LogP contribution in [0.25, 0.3) is 0 Å². The molecule has 1 aromatic heterocycles. The lowest BCUT2D eigenvalue weighted by molar-refractivity contribution is 0.551. The average Bonchev–Trinajstić information content (AvgIpc) is 2.76. The van der Waals surface area contributed by atoms with Crippen molar-refractivity contribution in [2.75, 3.05) is 12.3 Å². The molecule has 0 aliphatic rings. The number of nitrogens with zero attached hydrogens (tertiary/aromatic N) is 2. The van der Waals surface area contributed by atoms with Gasteiger partial charge >= 0.3 is 0 Å². The molecule has 0 aliphatic heterocycles. The highest BCUT2D eigenvalue weighted by atomic mass is 79.9. The zero-order valence-electron chi connectivity index (χ0n) is 11.1. The third-order valence-corrected chi connectivity index (χ3v) is 4.59. The van der Waals surface area contributed by atoms with Gasteiger partial charge in [0.2, 0.25) is 0 Å². The van der Waals surface area contributed by atoms with Gasteiger partial charge in [-0.1, -0.05) is 25.1 Å². The molecule has 1 atom stereocenters. The van der Waals surface area contributed by atoms with Crippen molar-refractivity contribution in [2.24, 2.45) is 7.05 Å². The molecule has 1 unspecified atom stereocenters. The fraction of sp³-hybridized carbons (Fsp3) is 0.357. The van der Waals surface area contributed by atoms with E-state index in [-0.39, 0.29) is 6.04 Å². The molecule has 1 aromatic carbocycles. The minimum absolute atomic E-state index is 0.289. The van der Waals surface area contributed by atoms with Crippen LogP contribution in [0, 0.1) is 0 Å². The van der Waals surface area contributed by atoms with Crippen LogP contribution in [-0.2, 0) is 7.05 Å². The fourth-order valence-electron chi connectivity index (χ4n) is 1.99. The molecule has 0 radical (unpaired) electrons. The number of hydrogen-bond acceptors (Lipinski definition) is 3. The van der Waals surface area contributed by atoms with Crippen LogP contribution in [0.4, 0.5) is 0 Å². The Morgan fingerprint density at radius 2 is 2.11 bits per heavy atom. The van der Waals surface area contributed by atoms with Crippen molar-refractivity contribution < 1.29 is 0 Å². The number of nitrogens with one attached hydrogen (secondary N) is 1. The lowest BCUT2D eigenvalue weighted by Gasteiger charge is -2.18. The molecule has 3 nitrogen and oxygen atoms in total. The smallest absolute Gasteiger partial charge is 0.0700 e. The average molecular weight is 340 g/mol. The van der Waals surface area contributed by atoms with Crippen LogP contribution in [0.15, 0.2) is 45.9 Å². The van der Waals surface area contributed by atoms with Gasteiger partial charge < -0.3 is 5.32 Å². The summed E-state index contributed by atoms with van der Waals surface area (Å²) < 4.78 is 3.00. The van der Waals surface area contributed by atoms with Crippen LogP contribution in [0.5, 0.6) is 0 Å². The number of halogens is 1. The molecule has 1 N–H and O–H groups in total. The number of benzene rings is 1. The number of rotatable bonds is 6. The maximum absolute atomic E-state index is 4.29. The van der Waals surface area contributed by atoms with E-state index in [1.165, 1.54) is 10.6 Å². The van der Waals surface area contributed by atoms with E-state index in [0.717, 1.165) is 16.8 Å². The Morgan fingerprint density at radius 1 is 1.37 bits per heavy atom. The Bertz CT molecular complexity index is 493. The molecule has 1 heterocycles. The monoisotopic (exact) mass is 339 g/mol. The highest BCUT2D eigenvalue weighted by Gasteiger charge is 2.18. The second-order valence-corrected chi connectivity index (χ2v) is 6.18. The lowest BCUT2D eigenvalue weighted by atomic mass is 10.2. The Morgan fingerprint density at radius 3 is 2.68 bits per heavy atom. The standard InChI is InChI=1S/C14H18BrN3S/c1-3-16-13(14-12(15)9-17-18(14)2)10-19-11-7-5-4-6-8-11/h4-9,13,16H,3,10H2,1-2H3. The Labute approximate surface area is 126 Å². The van der Waals surface area contributed by atoms with Gasteiger partial charge in [-0.25, -0.2) is 0 Å². The first kappa shape index (κ1) is 14.6. The quantitative estimate of drug-likeness (QED) is 0.815. The molecule has 0 aliphatic carbocycles. The van der Waals surface area contributed by atoms with Gasteiger partial charge in [0.05, 0.1) is 22.4 Å². The molecule has 102 valence electrons. The molecule has 0 saturated carbocycles. The number of thioether (sulfide) groups is 1. The summed E-state index contributed by atoms with van der Waals surface area (Å²) in [5, 5.41) is 7.82. The summed E-state index contributed by atoms with van der Waals surface area (Å²) in [5.41, 5.74) is 1.20. The van der Waals surface area contributed by atoms with Crippen LogP contribution in [0.3, 0.4) is 0 Å². The SMILES string of the molecule is CCNC(CSc1ccccc1)c1c(Br)cnn1C. The van der Waals surface area contributed by atoms with E-state index in [1.54, 1.807) is 0 Å².